The Morgan fingerprint density at radius 3 is 2.70 bits per heavy atom. The van der Waals surface area contributed by atoms with Crippen molar-refractivity contribution in [3.8, 4) is 11.5 Å². The first-order valence-electron chi connectivity index (χ1n) is 7.93. The van der Waals surface area contributed by atoms with Gasteiger partial charge in [-0.3, -0.25) is 0 Å². The van der Waals surface area contributed by atoms with E-state index in [9.17, 15) is 0 Å². The lowest BCUT2D eigenvalue weighted by Gasteiger charge is -2.37. The number of benzene rings is 1. The average Bonchev–Trinajstić information content (AvgIpc) is 3.08. The van der Waals surface area contributed by atoms with Gasteiger partial charge in [0.15, 0.2) is 11.5 Å². The van der Waals surface area contributed by atoms with Crippen molar-refractivity contribution in [2.45, 2.75) is 18.9 Å². The Kier molecular flexibility index (Phi) is 5.08. The average molecular weight is 332 g/mol. The molecule has 1 aromatic heterocycles. The normalized spacial score (nSPS) is 21.3. The summed E-state index contributed by atoms with van der Waals surface area (Å²) in [7, 11) is 3.34. The molecule has 4 nitrogen and oxygen atoms in total. The van der Waals surface area contributed by atoms with Gasteiger partial charge in [-0.1, -0.05) is 6.07 Å². The summed E-state index contributed by atoms with van der Waals surface area (Å²) in [6, 6.07) is 8.59. The van der Waals surface area contributed by atoms with Crippen LogP contribution in [0.2, 0.25) is 0 Å². The third-order valence-corrected chi connectivity index (χ3v) is 5.08. The van der Waals surface area contributed by atoms with Crippen molar-refractivity contribution in [1.82, 2.24) is 0 Å². The molecule has 1 aliphatic heterocycles. The maximum atomic E-state index is 6.29. The van der Waals surface area contributed by atoms with E-state index in [0.29, 0.717) is 5.92 Å². The summed E-state index contributed by atoms with van der Waals surface area (Å²) in [6.07, 6.45) is 2.07. The summed E-state index contributed by atoms with van der Waals surface area (Å²) in [6.45, 7) is 2.00. The molecule has 2 N–H and O–H groups in total. The first kappa shape index (κ1) is 16.1. The number of hydrogen-bond donors (Lipinski definition) is 1. The van der Waals surface area contributed by atoms with Gasteiger partial charge in [0.25, 0.3) is 0 Å². The molecule has 0 bridgehead atoms. The lowest BCUT2D eigenvalue weighted by Crippen LogP contribution is -2.47. The van der Waals surface area contributed by atoms with Gasteiger partial charge in [-0.05, 0) is 47.9 Å². The molecule has 124 valence electrons. The first-order chi connectivity index (χ1) is 11.2. The summed E-state index contributed by atoms with van der Waals surface area (Å²) in [5, 5.41) is 4.32. The summed E-state index contributed by atoms with van der Waals surface area (Å²) >= 11 is 1.74. The largest absolute Gasteiger partial charge is 0.493 e. The minimum Gasteiger partial charge on any atom is -0.493 e. The van der Waals surface area contributed by atoms with E-state index in [0.717, 1.165) is 37.4 Å². The molecule has 2 atom stereocenters. The van der Waals surface area contributed by atoms with Gasteiger partial charge in [0.05, 0.1) is 14.2 Å². The van der Waals surface area contributed by atoms with E-state index >= 15 is 0 Å². The predicted octanol–water partition coefficient (Wildman–Crippen LogP) is 3.16. The molecule has 23 heavy (non-hydrogen) atoms. The van der Waals surface area contributed by atoms with Gasteiger partial charge in [0.2, 0.25) is 0 Å². The second kappa shape index (κ2) is 7.23. The van der Waals surface area contributed by atoms with Gasteiger partial charge >= 0.3 is 0 Å². The molecule has 3 rings (SSSR count). The first-order valence-corrected chi connectivity index (χ1v) is 8.87. The lowest BCUT2D eigenvalue weighted by atomic mass is 9.89. The van der Waals surface area contributed by atoms with Crippen molar-refractivity contribution in [3.05, 3.63) is 40.6 Å². The number of hydrogen-bond acceptors (Lipinski definition) is 5. The number of methoxy groups -OCH3 is 2. The van der Waals surface area contributed by atoms with Crippen molar-refractivity contribution < 1.29 is 9.47 Å². The molecular formula is C18H24N2O2S. The monoisotopic (exact) mass is 332 g/mol. The van der Waals surface area contributed by atoms with Crippen molar-refractivity contribution in [3.63, 3.8) is 0 Å². The van der Waals surface area contributed by atoms with E-state index in [1.807, 2.05) is 6.07 Å². The van der Waals surface area contributed by atoms with E-state index < -0.39 is 0 Å². The predicted molar refractivity (Wildman–Crippen MR) is 95.9 cm³/mol. The Labute approximate surface area is 141 Å². The molecule has 2 heterocycles. The quantitative estimate of drug-likeness (QED) is 0.914. The van der Waals surface area contributed by atoms with Crippen LogP contribution in [0, 0.1) is 5.92 Å². The highest BCUT2D eigenvalue weighted by Crippen LogP contribution is 2.31. The number of rotatable bonds is 5. The molecule has 1 aliphatic rings. The number of thiophene rings is 1. The summed E-state index contributed by atoms with van der Waals surface area (Å²) in [5.74, 6) is 2.12. The summed E-state index contributed by atoms with van der Waals surface area (Å²) in [5.41, 5.74) is 8.86. The smallest absolute Gasteiger partial charge is 0.160 e. The lowest BCUT2D eigenvalue weighted by molar-refractivity contribution is 0.352. The van der Waals surface area contributed by atoms with Gasteiger partial charge in [0, 0.05) is 30.2 Å². The Morgan fingerprint density at radius 1 is 1.17 bits per heavy atom. The van der Waals surface area contributed by atoms with Crippen LogP contribution in [0.1, 0.15) is 12.0 Å². The van der Waals surface area contributed by atoms with Crippen molar-refractivity contribution in [2.24, 2.45) is 11.7 Å². The van der Waals surface area contributed by atoms with Gasteiger partial charge in [-0.25, -0.2) is 0 Å². The zero-order valence-electron chi connectivity index (χ0n) is 13.7. The minimum absolute atomic E-state index is 0.230. The van der Waals surface area contributed by atoms with E-state index in [-0.39, 0.29) is 6.04 Å². The molecule has 1 saturated heterocycles. The Morgan fingerprint density at radius 2 is 2.00 bits per heavy atom. The van der Waals surface area contributed by atoms with Crippen molar-refractivity contribution in [2.75, 3.05) is 32.2 Å². The van der Waals surface area contributed by atoms with E-state index in [1.165, 1.54) is 11.3 Å². The molecule has 2 unspecified atom stereocenters. The zero-order chi connectivity index (χ0) is 16.2. The Balaban J connectivity index is 1.71. The molecule has 0 radical (unpaired) electrons. The van der Waals surface area contributed by atoms with E-state index in [2.05, 4.69) is 33.9 Å². The highest BCUT2D eigenvalue weighted by atomic mass is 32.1. The van der Waals surface area contributed by atoms with Crippen LogP contribution in [0.3, 0.4) is 0 Å². The standard InChI is InChI=1S/C18H24N2O2S/c1-21-17-4-3-13(9-18(17)22-2)7-14-8-15(19)11-20(10-14)16-5-6-23-12-16/h3-6,9,12,14-15H,7-8,10-11,19H2,1-2H3. The fourth-order valence-corrected chi connectivity index (χ4v) is 4.05. The van der Waals surface area contributed by atoms with Gasteiger partial charge in [0.1, 0.15) is 0 Å². The highest BCUT2D eigenvalue weighted by molar-refractivity contribution is 7.08. The molecule has 0 amide bonds. The van der Waals surface area contributed by atoms with Gasteiger partial charge in [-0.15, -0.1) is 0 Å². The zero-order valence-corrected chi connectivity index (χ0v) is 14.5. The number of ether oxygens (including phenoxy) is 2. The number of anilines is 1. The van der Waals surface area contributed by atoms with Crippen LogP contribution in [-0.2, 0) is 6.42 Å². The van der Waals surface area contributed by atoms with Crippen LogP contribution in [0.4, 0.5) is 5.69 Å². The topological polar surface area (TPSA) is 47.7 Å². The summed E-state index contributed by atoms with van der Waals surface area (Å²) in [4.78, 5) is 2.41. The maximum Gasteiger partial charge on any atom is 0.160 e. The molecule has 0 saturated carbocycles. The van der Waals surface area contributed by atoms with E-state index in [1.54, 1.807) is 25.6 Å². The molecule has 0 aliphatic carbocycles. The van der Waals surface area contributed by atoms with Crippen LogP contribution in [-0.4, -0.2) is 33.4 Å². The van der Waals surface area contributed by atoms with Crippen LogP contribution < -0.4 is 20.1 Å². The molecule has 1 aromatic carbocycles. The highest BCUT2D eigenvalue weighted by Gasteiger charge is 2.26. The third kappa shape index (κ3) is 3.79. The molecule has 0 spiro atoms. The summed E-state index contributed by atoms with van der Waals surface area (Å²) < 4.78 is 10.7. The van der Waals surface area contributed by atoms with Crippen LogP contribution in [0.25, 0.3) is 0 Å². The number of nitrogens with zero attached hydrogens (tertiary/aromatic N) is 1. The van der Waals surface area contributed by atoms with Gasteiger partial charge in [-0.2, -0.15) is 11.3 Å². The molecule has 5 heteroatoms. The molecule has 2 aromatic rings. The minimum atomic E-state index is 0.230. The second-order valence-corrected chi connectivity index (χ2v) is 6.92. The molecule has 1 fully saturated rings. The third-order valence-electron chi connectivity index (χ3n) is 4.41. The Bertz CT molecular complexity index is 630. The fraction of sp³-hybridized carbons (Fsp3) is 0.444. The van der Waals surface area contributed by atoms with Crippen molar-refractivity contribution >= 4 is 17.0 Å². The maximum absolute atomic E-state index is 6.29. The van der Waals surface area contributed by atoms with E-state index in [4.69, 9.17) is 15.2 Å². The van der Waals surface area contributed by atoms with Crippen molar-refractivity contribution in [1.29, 1.82) is 0 Å². The number of piperidine rings is 1. The van der Waals surface area contributed by atoms with Gasteiger partial charge < -0.3 is 20.1 Å². The Hall–Kier alpha value is -1.72. The SMILES string of the molecule is COc1ccc(CC2CC(N)CN(c3ccsc3)C2)cc1OC. The molecular weight excluding hydrogens is 308 g/mol. The number of nitrogens with two attached hydrogens (primary N) is 1. The van der Waals surface area contributed by atoms with Crippen LogP contribution >= 0.6 is 11.3 Å². The van der Waals surface area contributed by atoms with Crippen LogP contribution in [0.5, 0.6) is 11.5 Å². The van der Waals surface area contributed by atoms with Crippen LogP contribution in [0.15, 0.2) is 35.0 Å². The fourth-order valence-electron chi connectivity index (χ4n) is 3.38. The second-order valence-electron chi connectivity index (χ2n) is 6.14.